The lowest BCUT2D eigenvalue weighted by Gasteiger charge is -2.20. The number of aryl methyl sites for hydroxylation is 1. The predicted octanol–water partition coefficient (Wildman–Crippen LogP) is 2.23. The summed E-state index contributed by atoms with van der Waals surface area (Å²) in [5.41, 5.74) is 1.57. The van der Waals surface area contributed by atoms with Gasteiger partial charge in [-0.3, -0.25) is 15.0 Å². The highest BCUT2D eigenvalue weighted by molar-refractivity contribution is 6.04. The molecule has 0 saturated carbocycles. The molecule has 0 aliphatic heterocycles. The first-order valence-corrected chi connectivity index (χ1v) is 5.95. The normalized spacial score (nSPS) is 10.3. The summed E-state index contributed by atoms with van der Waals surface area (Å²) in [4.78, 5) is 27.9. The molecule has 0 fully saturated rings. The van der Waals surface area contributed by atoms with E-state index in [2.05, 4.69) is 10.3 Å². The van der Waals surface area contributed by atoms with Crippen molar-refractivity contribution in [2.75, 3.05) is 19.0 Å². The lowest BCUT2D eigenvalue weighted by atomic mass is 10.1. The second kappa shape index (κ2) is 5.12. The number of aromatic nitrogens is 1. The Morgan fingerprint density at radius 1 is 1.45 bits per heavy atom. The number of non-ortho nitro benzene ring substituents is 1. The van der Waals surface area contributed by atoms with Crippen molar-refractivity contribution in [3.63, 3.8) is 0 Å². The summed E-state index contributed by atoms with van der Waals surface area (Å²) >= 11 is 0. The maximum absolute atomic E-state index is 11.8. The van der Waals surface area contributed by atoms with Gasteiger partial charge in [-0.25, -0.2) is 9.78 Å². The van der Waals surface area contributed by atoms with Gasteiger partial charge in [-0.2, -0.15) is 0 Å². The molecule has 0 bridgehead atoms. The molecular formula is C13H14N4O3. The highest BCUT2D eigenvalue weighted by Gasteiger charge is 2.20. The Bertz CT molecular complexity index is 699. The fourth-order valence-corrected chi connectivity index (χ4v) is 2.15. The number of hydrogen-bond acceptors (Lipinski definition) is 4. The Kier molecular flexibility index (Phi) is 3.51. The maximum Gasteiger partial charge on any atom is 0.321 e. The number of pyridine rings is 1. The van der Waals surface area contributed by atoms with Gasteiger partial charge in [-0.15, -0.1) is 0 Å². The van der Waals surface area contributed by atoms with Crippen LogP contribution in [0, 0.1) is 17.0 Å². The molecule has 20 heavy (non-hydrogen) atoms. The third-order valence-electron chi connectivity index (χ3n) is 3.08. The van der Waals surface area contributed by atoms with E-state index >= 15 is 0 Å². The number of nitro groups is 1. The molecule has 0 aliphatic carbocycles. The SMILES string of the molecule is CNC(=O)N(C)c1c(C)cnc2c([N+](=O)[O-])cccc12. The zero-order valence-electron chi connectivity index (χ0n) is 11.4. The van der Waals surface area contributed by atoms with E-state index < -0.39 is 4.92 Å². The Hall–Kier alpha value is -2.70. The third-order valence-corrected chi connectivity index (χ3v) is 3.08. The Morgan fingerprint density at radius 3 is 2.75 bits per heavy atom. The number of nitrogens with zero attached hydrogens (tertiary/aromatic N) is 3. The molecule has 2 amide bonds. The van der Waals surface area contributed by atoms with Crippen molar-refractivity contribution in [3.8, 4) is 0 Å². The molecule has 0 saturated heterocycles. The van der Waals surface area contributed by atoms with Crippen LogP contribution >= 0.6 is 0 Å². The molecule has 1 aromatic carbocycles. The standard InChI is InChI=1S/C13H14N4O3/c1-8-7-15-11-9(5-4-6-10(11)17(19)20)12(8)16(3)13(18)14-2/h4-7H,1-3H3,(H,14,18). The summed E-state index contributed by atoms with van der Waals surface area (Å²) in [5, 5.41) is 14.1. The summed E-state index contributed by atoms with van der Waals surface area (Å²) in [6.07, 6.45) is 1.53. The van der Waals surface area contributed by atoms with Crippen molar-refractivity contribution in [2.24, 2.45) is 0 Å². The number of urea groups is 1. The van der Waals surface area contributed by atoms with Crippen LogP contribution in [0.4, 0.5) is 16.2 Å². The second-order valence-corrected chi connectivity index (χ2v) is 4.33. The van der Waals surface area contributed by atoms with Gasteiger partial charge in [0.1, 0.15) is 5.52 Å². The van der Waals surface area contributed by atoms with Gasteiger partial charge in [-0.1, -0.05) is 12.1 Å². The predicted molar refractivity (Wildman–Crippen MR) is 76.0 cm³/mol. The molecule has 104 valence electrons. The first-order chi connectivity index (χ1) is 9.47. The lowest BCUT2D eigenvalue weighted by Crippen LogP contribution is -2.35. The van der Waals surface area contributed by atoms with Gasteiger partial charge >= 0.3 is 6.03 Å². The number of amides is 2. The number of para-hydroxylation sites is 1. The molecule has 1 N–H and O–H groups in total. The van der Waals surface area contributed by atoms with Crippen molar-refractivity contribution in [1.82, 2.24) is 10.3 Å². The molecule has 0 atom stereocenters. The number of fused-ring (bicyclic) bond motifs is 1. The summed E-state index contributed by atoms with van der Waals surface area (Å²) in [5.74, 6) is 0. The van der Waals surface area contributed by atoms with E-state index in [9.17, 15) is 14.9 Å². The topological polar surface area (TPSA) is 88.4 Å². The van der Waals surface area contributed by atoms with Gasteiger partial charge in [0.15, 0.2) is 0 Å². The number of hydrogen-bond donors (Lipinski definition) is 1. The highest BCUT2D eigenvalue weighted by Crippen LogP contribution is 2.32. The fourth-order valence-electron chi connectivity index (χ4n) is 2.15. The molecule has 0 radical (unpaired) electrons. The molecule has 7 nitrogen and oxygen atoms in total. The second-order valence-electron chi connectivity index (χ2n) is 4.33. The van der Waals surface area contributed by atoms with Gasteiger partial charge in [-0.05, 0) is 12.5 Å². The number of nitrogens with one attached hydrogen (secondary N) is 1. The van der Waals surface area contributed by atoms with E-state index in [-0.39, 0.29) is 17.2 Å². The summed E-state index contributed by atoms with van der Waals surface area (Å²) < 4.78 is 0. The van der Waals surface area contributed by atoms with Crippen molar-refractivity contribution in [3.05, 3.63) is 40.1 Å². The van der Waals surface area contributed by atoms with Crippen molar-refractivity contribution >= 4 is 28.3 Å². The fraction of sp³-hybridized carbons (Fsp3) is 0.231. The molecule has 0 aliphatic rings. The van der Waals surface area contributed by atoms with E-state index in [4.69, 9.17) is 0 Å². The van der Waals surface area contributed by atoms with E-state index in [1.54, 1.807) is 26.1 Å². The Morgan fingerprint density at radius 2 is 2.15 bits per heavy atom. The van der Waals surface area contributed by atoms with Crippen LogP contribution in [0.25, 0.3) is 10.9 Å². The lowest BCUT2D eigenvalue weighted by molar-refractivity contribution is -0.383. The van der Waals surface area contributed by atoms with Crippen molar-refractivity contribution in [2.45, 2.75) is 6.92 Å². The number of nitro benzene ring substituents is 1. The molecule has 0 spiro atoms. The molecular weight excluding hydrogens is 260 g/mol. The van der Waals surface area contributed by atoms with Gasteiger partial charge in [0, 0.05) is 31.7 Å². The highest BCUT2D eigenvalue weighted by atomic mass is 16.6. The summed E-state index contributed by atoms with van der Waals surface area (Å²) in [6.45, 7) is 1.81. The zero-order chi connectivity index (χ0) is 14.9. The number of rotatable bonds is 2. The van der Waals surface area contributed by atoms with Gasteiger partial charge in [0.25, 0.3) is 5.69 Å². The average Bonchev–Trinajstić information content (AvgIpc) is 2.44. The minimum atomic E-state index is -0.478. The van der Waals surface area contributed by atoms with Crippen LogP contribution in [0.3, 0.4) is 0 Å². The Balaban J connectivity index is 2.77. The molecule has 2 rings (SSSR count). The molecule has 2 aromatic rings. The first-order valence-electron chi connectivity index (χ1n) is 5.95. The van der Waals surface area contributed by atoms with E-state index in [1.165, 1.54) is 24.2 Å². The molecule has 1 heterocycles. The Labute approximate surface area is 115 Å². The van der Waals surface area contributed by atoms with Gasteiger partial charge in [0.2, 0.25) is 0 Å². The van der Waals surface area contributed by atoms with Crippen LogP contribution in [0.1, 0.15) is 5.56 Å². The average molecular weight is 274 g/mol. The van der Waals surface area contributed by atoms with Gasteiger partial charge < -0.3 is 5.32 Å². The number of carbonyl (C=O) groups excluding carboxylic acids is 1. The smallest absolute Gasteiger partial charge is 0.321 e. The zero-order valence-corrected chi connectivity index (χ0v) is 11.4. The van der Waals surface area contributed by atoms with Crippen LogP contribution in [0.5, 0.6) is 0 Å². The minimum Gasteiger partial charge on any atom is -0.341 e. The van der Waals surface area contributed by atoms with E-state index in [0.717, 1.165) is 5.56 Å². The number of anilines is 1. The molecule has 7 heteroatoms. The largest absolute Gasteiger partial charge is 0.341 e. The van der Waals surface area contributed by atoms with Crippen LogP contribution in [-0.4, -0.2) is 30.0 Å². The molecule has 0 unspecified atom stereocenters. The quantitative estimate of drug-likeness (QED) is 0.671. The monoisotopic (exact) mass is 274 g/mol. The van der Waals surface area contributed by atoms with Crippen LogP contribution in [0.15, 0.2) is 24.4 Å². The van der Waals surface area contributed by atoms with E-state index in [0.29, 0.717) is 11.1 Å². The van der Waals surface area contributed by atoms with Crippen LogP contribution < -0.4 is 10.2 Å². The maximum atomic E-state index is 11.8. The molecule has 1 aromatic heterocycles. The van der Waals surface area contributed by atoms with Gasteiger partial charge in [0.05, 0.1) is 10.6 Å². The third kappa shape index (κ3) is 2.13. The minimum absolute atomic E-state index is 0.0749. The number of benzene rings is 1. The van der Waals surface area contributed by atoms with E-state index in [1.807, 2.05) is 0 Å². The van der Waals surface area contributed by atoms with Crippen LogP contribution in [0.2, 0.25) is 0 Å². The first kappa shape index (κ1) is 13.7. The summed E-state index contributed by atoms with van der Waals surface area (Å²) in [6, 6.07) is 4.40. The van der Waals surface area contributed by atoms with Crippen LogP contribution in [-0.2, 0) is 0 Å². The van der Waals surface area contributed by atoms with Crippen molar-refractivity contribution in [1.29, 1.82) is 0 Å². The van der Waals surface area contributed by atoms with Crippen molar-refractivity contribution < 1.29 is 9.72 Å². The summed E-state index contributed by atoms with van der Waals surface area (Å²) in [7, 11) is 3.14. The number of carbonyl (C=O) groups is 1.